The monoisotopic (exact) mass is 707 g/mol. The van der Waals surface area contributed by atoms with E-state index in [0.717, 1.165) is 72.6 Å². The van der Waals surface area contributed by atoms with Crippen LogP contribution in [0.1, 0.15) is 59.7 Å². The summed E-state index contributed by atoms with van der Waals surface area (Å²) in [4.78, 5) is 15.9. The molecule has 0 radical (unpaired) electrons. The van der Waals surface area contributed by atoms with E-state index in [1.807, 2.05) is 48.2 Å². The third-order valence-corrected chi connectivity index (χ3v) is 10.5. The lowest BCUT2D eigenvalue weighted by Gasteiger charge is -2.28. The second-order valence-electron chi connectivity index (χ2n) is 14.0. The summed E-state index contributed by atoms with van der Waals surface area (Å²) in [6.07, 6.45) is 17.6. The molecule has 55 heavy (non-hydrogen) atoms. The third kappa shape index (κ3) is 6.63. The smallest absolute Gasteiger partial charge is 0.228 e. The molecule has 0 spiro atoms. The van der Waals surface area contributed by atoms with E-state index in [9.17, 15) is 4.79 Å². The van der Waals surface area contributed by atoms with E-state index in [0.29, 0.717) is 6.42 Å². The maximum absolute atomic E-state index is 14.0. The van der Waals surface area contributed by atoms with Gasteiger partial charge in [0.25, 0.3) is 0 Å². The second kappa shape index (κ2) is 15.2. The Morgan fingerprint density at radius 1 is 0.673 bits per heavy atom. The Kier molecular flexibility index (Phi) is 9.69. The number of para-hydroxylation sites is 1. The summed E-state index contributed by atoms with van der Waals surface area (Å²) < 4.78 is 0. The van der Waals surface area contributed by atoms with Crippen LogP contribution in [0.5, 0.6) is 0 Å². The van der Waals surface area contributed by atoms with Gasteiger partial charge in [-0.05, 0) is 117 Å². The largest absolute Gasteiger partial charge is 0.280 e. The van der Waals surface area contributed by atoms with E-state index in [-0.39, 0.29) is 5.91 Å². The summed E-state index contributed by atoms with van der Waals surface area (Å²) in [5, 5.41) is 0. The van der Waals surface area contributed by atoms with E-state index in [4.69, 9.17) is 6.42 Å². The van der Waals surface area contributed by atoms with Crippen molar-refractivity contribution in [2.75, 3.05) is 4.90 Å². The Morgan fingerprint density at radius 2 is 1.29 bits per heavy atom. The number of fused-ring (bicyclic) bond motifs is 4. The van der Waals surface area contributed by atoms with E-state index in [1.165, 1.54) is 22.3 Å². The van der Waals surface area contributed by atoms with Gasteiger partial charge in [0.05, 0.1) is 11.4 Å². The predicted molar refractivity (Wildman–Crippen MR) is 232 cm³/mol. The molecule has 1 heterocycles. The van der Waals surface area contributed by atoms with Crippen molar-refractivity contribution < 1.29 is 4.79 Å². The summed E-state index contributed by atoms with van der Waals surface area (Å²) in [6, 6.07) is 50.9. The van der Waals surface area contributed by atoms with Crippen molar-refractivity contribution >= 4 is 35.0 Å². The Bertz CT molecular complexity index is 2600. The van der Waals surface area contributed by atoms with Gasteiger partial charge in [-0.15, -0.1) is 6.42 Å². The lowest BCUT2D eigenvalue weighted by atomic mass is 9.75. The normalized spacial score (nSPS) is 14.5. The molecule has 1 aliphatic carbocycles. The van der Waals surface area contributed by atoms with Crippen molar-refractivity contribution in [3.05, 3.63) is 219 Å². The molecular formula is C53H41NO. The summed E-state index contributed by atoms with van der Waals surface area (Å²) >= 11 is 0. The van der Waals surface area contributed by atoms with Crippen LogP contribution in [0.15, 0.2) is 181 Å². The van der Waals surface area contributed by atoms with Crippen molar-refractivity contribution in [3.63, 3.8) is 0 Å². The zero-order valence-electron chi connectivity index (χ0n) is 31.4. The fourth-order valence-corrected chi connectivity index (χ4v) is 8.15. The highest BCUT2D eigenvalue weighted by atomic mass is 16.2. The molecule has 0 bridgehead atoms. The minimum absolute atomic E-state index is 0.0784. The van der Waals surface area contributed by atoms with Gasteiger partial charge in [0.2, 0.25) is 5.91 Å². The molecule has 2 heteroatoms. The lowest BCUT2D eigenvalue weighted by molar-refractivity contribution is -0.115. The molecule has 8 rings (SSSR count). The fraction of sp³-hybridized carbons (Fsp3) is 0.0755. The highest BCUT2D eigenvalue weighted by Crippen LogP contribution is 2.51. The molecule has 0 fully saturated rings. The van der Waals surface area contributed by atoms with Gasteiger partial charge in [0.1, 0.15) is 0 Å². The van der Waals surface area contributed by atoms with Crippen LogP contribution in [0, 0.1) is 12.3 Å². The first-order valence-corrected chi connectivity index (χ1v) is 18.8. The maximum Gasteiger partial charge on any atom is 0.228 e. The predicted octanol–water partition coefficient (Wildman–Crippen LogP) is 12.8. The van der Waals surface area contributed by atoms with Crippen LogP contribution in [0.4, 0.5) is 5.69 Å². The Labute approximate surface area is 324 Å². The molecule has 0 unspecified atom stereocenters. The molecule has 264 valence electrons. The number of carbonyl (C=O) groups excluding carboxylic acids is 1. The van der Waals surface area contributed by atoms with Crippen molar-refractivity contribution in [3.8, 4) is 34.6 Å². The highest BCUT2D eigenvalue weighted by Gasteiger charge is 2.35. The number of hydrogen-bond donors (Lipinski definition) is 0. The first-order chi connectivity index (χ1) is 27.0. The SMILES string of the molecule is C#Cc1ccccc1C1=C(C)C2=C(c3ccccc3N1C(C)=O)c1cccc(/C=C/C=C\C)c1C/C2=C/c1cc(-c2ccccc2)cc(-c2ccccc2)c1. The Hall–Kier alpha value is -6.95. The van der Waals surface area contributed by atoms with Gasteiger partial charge in [-0.3, -0.25) is 9.69 Å². The Balaban J connectivity index is 1.49. The van der Waals surface area contributed by atoms with Crippen LogP contribution in [-0.4, -0.2) is 5.91 Å². The number of carbonyl (C=O) groups is 1. The van der Waals surface area contributed by atoms with Gasteiger partial charge in [0, 0.05) is 23.6 Å². The van der Waals surface area contributed by atoms with Gasteiger partial charge < -0.3 is 0 Å². The highest BCUT2D eigenvalue weighted by molar-refractivity contribution is 6.13. The molecule has 0 aromatic heterocycles. The average Bonchev–Trinajstić information content (AvgIpc) is 3.34. The molecule has 2 aliphatic rings. The number of rotatable bonds is 6. The van der Waals surface area contributed by atoms with Crippen LogP contribution in [-0.2, 0) is 11.2 Å². The number of terminal acetylenes is 1. The van der Waals surface area contributed by atoms with Gasteiger partial charge in [-0.1, -0.05) is 152 Å². The van der Waals surface area contributed by atoms with Crippen LogP contribution < -0.4 is 4.90 Å². The second-order valence-corrected chi connectivity index (χ2v) is 14.0. The number of nitrogens with zero attached hydrogens (tertiary/aromatic N) is 1. The van der Waals surface area contributed by atoms with Gasteiger partial charge in [0.15, 0.2) is 0 Å². The van der Waals surface area contributed by atoms with Crippen LogP contribution in [0.2, 0.25) is 0 Å². The standard InChI is InChI=1S/C53H41NO/c1-5-7-10-25-42-26-19-29-47-49(42)35-45(33-38-31-43(40-21-11-8-12-22-40)34-44(32-38)41-23-13-9-14-24-41)51-36(3)53(46-27-16-15-20-39(46)6-2)54(37(4)55)50-30-18-17-28-48(50)52(47)51/h2,5,7-34H,35H2,1,3-4H3/b7-5-,25-10+,45-33-. The summed E-state index contributed by atoms with van der Waals surface area (Å²) in [6.45, 7) is 5.83. The molecule has 6 aromatic carbocycles. The van der Waals surface area contributed by atoms with Crippen LogP contribution in [0.25, 0.3) is 45.7 Å². The van der Waals surface area contributed by atoms with E-state index < -0.39 is 0 Å². The van der Waals surface area contributed by atoms with Gasteiger partial charge >= 0.3 is 0 Å². The minimum atomic E-state index is -0.0784. The average molecular weight is 708 g/mol. The number of benzene rings is 6. The summed E-state index contributed by atoms with van der Waals surface area (Å²) in [5.74, 6) is 2.84. The van der Waals surface area contributed by atoms with Crippen LogP contribution >= 0.6 is 0 Å². The third-order valence-electron chi connectivity index (χ3n) is 10.5. The van der Waals surface area contributed by atoms with Gasteiger partial charge in [-0.25, -0.2) is 0 Å². The first-order valence-electron chi connectivity index (χ1n) is 18.8. The first kappa shape index (κ1) is 35.1. The minimum Gasteiger partial charge on any atom is -0.280 e. The summed E-state index contributed by atoms with van der Waals surface area (Å²) in [7, 11) is 0. The zero-order chi connectivity index (χ0) is 37.9. The topological polar surface area (TPSA) is 20.3 Å². The molecule has 1 amide bonds. The lowest BCUT2D eigenvalue weighted by Crippen LogP contribution is -2.28. The molecule has 1 aliphatic heterocycles. The molecule has 0 atom stereocenters. The maximum atomic E-state index is 14.0. The molecule has 6 aromatic rings. The van der Waals surface area contributed by atoms with E-state index >= 15 is 0 Å². The van der Waals surface area contributed by atoms with Crippen molar-refractivity contribution in [2.45, 2.75) is 27.2 Å². The van der Waals surface area contributed by atoms with E-state index in [1.54, 1.807) is 6.92 Å². The number of hydrogen-bond acceptors (Lipinski definition) is 1. The zero-order valence-corrected chi connectivity index (χ0v) is 31.4. The molecule has 2 nitrogen and oxygen atoms in total. The van der Waals surface area contributed by atoms with E-state index in [2.05, 4.69) is 152 Å². The van der Waals surface area contributed by atoms with Gasteiger partial charge in [-0.2, -0.15) is 0 Å². The fourth-order valence-electron chi connectivity index (χ4n) is 8.15. The number of anilines is 1. The molecule has 0 N–H and O–H groups in total. The molecule has 0 saturated heterocycles. The quantitative estimate of drug-likeness (QED) is 0.125. The Morgan fingerprint density at radius 3 is 1.95 bits per heavy atom. The molecule has 0 saturated carbocycles. The summed E-state index contributed by atoms with van der Waals surface area (Å²) in [5.41, 5.74) is 18.0. The number of allylic oxidation sites excluding steroid dienone is 6. The van der Waals surface area contributed by atoms with Crippen molar-refractivity contribution in [1.82, 2.24) is 0 Å². The molecular weight excluding hydrogens is 667 g/mol. The number of amides is 1. The van der Waals surface area contributed by atoms with Crippen molar-refractivity contribution in [1.29, 1.82) is 0 Å². The van der Waals surface area contributed by atoms with Crippen molar-refractivity contribution in [2.24, 2.45) is 0 Å². The van der Waals surface area contributed by atoms with Crippen LogP contribution in [0.3, 0.4) is 0 Å².